The topological polar surface area (TPSA) is 75.3 Å². The number of nitrogens with one attached hydrogen (secondary N) is 1. The largest absolute Gasteiger partial charge is 0.379 e. The lowest BCUT2D eigenvalue weighted by Gasteiger charge is -2.41. The Bertz CT molecular complexity index is 442. The number of nitrogens with two attached hydrogens (primary N) is 1. The maximum absolute atomic E-state index is 6.17. The minimum atomic E-state index is 0.301. The summed E-state index contributed by atoms with van der Waals surface area (Å²) in [5.74, 6) is 0.615. The van der Waals surface area contributed by atoms with Crippen molar-refractivity contribution in [1.82, 2.24) is 15.1 Å². The van der Waals surface area contributed by atoms with Crippen LogP contribution < -0.4 is 11.1 Å². The molecular weight excluding hydrogens is 342 g/mol. The smallest absolute Gasteiger partial charge is 0.188 e. The first-order valence-corrected chi connectivity index (χ1v) is 10.9. The second kappa shape index (κ2) is 11.2. The van der Waals surface area contributed by atoms with Crippen molar-refractivity contribution in [2.45, 2.75) is 38.5 Å². The molecule has 27 heavy (non-hydrogen) atoms. The van der Waals surface area contributed by atoms with Gasteiger partial charge in [-0.3, -0.25) is 14.8 Å². The lowest BCUT2D eigenvalue weighted by molar-refractivity contribution is 0.00938. The Morgan fingerprint density at radius 1 is 0.926 bits per heavy atom. The van der Waals surface area contributed by atoms with Crippen molar-refractivity contribution < 1.29 is 9.47 Å². The second-order valence-electron chi connectivity index (χ2n) is 8.38. The SMILES string of the molecule is NC(=NCC1(CN2CCOCC2)CCCCC1)NCCCN1CCOCC1. The highest BCUT2D eigenvalue weighted by Crippen LogP contribution is 2.37. The fourth-order valence-electron chi connectivity index (χ4n) is 4.55. The van der Waals surface area contributed by atoms with E-state index in [0.29, 0.717) is 11.4 Å². The van der Waals surface area contributed by atoms with Crippen LogP contribution in [0.1, 0.15) is 38.5 Å². The van der Waals surface area contributed by atoms with Gasteiger partial charge in [-0.2, -0.15) is 0 Å². The predicted octanol–water partition coefficient (Wildman–Crippen LogP) is 0.896. The van der Waals surface area contributed by atoms with Crippen LogP contribution in [0.2, 0.25) is 0 Å². The van der Waals surface area contributed by atoms with E-state index >= 15 is 0 Å². The monoisotopic (exact) mass is 381 g/mol. The molecule has 2 saturated heterocycles. The van der Waals surface area contributed by atoms with Crippen LogP contribution in [0.3, 0.4) is 0 Å². The fourth-order valence-corrected chi connectivity index (χ4v) is 4.55. The Kier molecular flexibility index (Phi) is 8.64. The summed E-state index contributed by atoms with van der Waals surface area (Å²) < 4.78 is 10.9. The molecule has 0 bridgehead atoms. The fraction of sp³-hybridized carbons (Fsp3) is 0.950. The Hall–Kier alpha value is -0.890. The van der Waals surface area contributed by atoms with Crippen molar-refractivity contribution in [3.8, 4) is 0 Å². The molecule has 7 heteroatoms. The van der Waals surface area contributed by atoms with Crippen LogP contribution in [0.4, 0.5) is 0 Å². The van der Waals surface area contributed by atoms with E-state index in [1.807, 2.05) is 0 Å². The van der Waals surface area contributed by atoms with Crippen LogP contribution in [-0.4, -0.2) is 94.5 Å². The normalized spacial score (nSPS) is 25.4. The molecule has 3 aliphatic rings. The number of morpholine rings is 2. The average Bonchev–Trinajstić information content (AvgIpc) is 2.72. The maximum Gasteiger partial charge on any atom is 0.188 e. The van der Waals surface area contributed by atoms with E-state index in [2.05, 4.69) is 15.1 Å². The van der Waals surface area contributed by atoms with Gasteiger partial charge >= 0.3 is 0 Å². The van der Waals surface area contributed by atoms with Gasteiger partial charge in [0.25, 0.3) is 0 Å². The van der Waals surface area contributed by atoms with E-state index in [1.165, 1.54) is 32.1 Å². The molecule has 0 aromatic carbocycles. The Labute approximate surface area is 164 Å². The zero-order valence-electron chi connectivity index (χ0n) is 17.0. The first-order chi connectivity index (χ1) is 13.3. The molecule has 3 N–H and O–H groups in total. The molecule has 0 amide bonds. The van der Waals surface area contributed by atoms with Gasteiger partial charge in [0, 0.05) is 51.2 Å². The summed E-state index contributed by atoms with van der Waals surface area (Å²) in [6.07, 6.45) is 7.66. The second-order valence-corrected chi connectivity index (χ2v) is 8.38. The first kappa shape index (κ1) is 20.8. The average molecular weight is 382 g/mol. The van der Waals surface area contributed by atoms with Crippen molar-refractivity contribution in [3.05, 3.63) is 0 Å². The zero-order valence-corrected chi connectivity index (χ0v) is 17.0. The number of ether oxygens (including phenoxy) is 2. The Balaban J connectivity index is 1.40. The number of nitrogens with zero attached hydrogens (tertiary/aromatic N) is 3. The third-order valence-corrected chi connectivity index (χ3v) is 6.22. The molecule has 0 atom stereocenters. The van der Waals surface area contributed by atoms with Gasteiger partial charge < -0.3 is 20.5 Å². The van der Waals surface area contributed by atoms with Crippen molar-refractivity contribution in [2.75, 3.05) is 78.8 Å². The zero-order chi connectivity index (χ0) is 18.8. The van der Waals surface area contributed by atoms with Crippen LogP contribution in [0.25, 0.3) is 0 Å². The minimum Gasteiger partial charge on any atom is -0.379 e. The molecule has 0 spiro atoms. The third-order valence-electron chi connectivity index (χ3n) is 6.22. The third kappa shape index (κ3) is 7.22. The Morgan fingerprint density at radius 2 is 1.56 bits per heavy atom. The van der Waals surface area contributed by atoms with Gasteiger partial charge in [-0.05, 0) is 25.8 Å². The molecule has 1 aliphatic carbocycles. The van der Waals surface area contributed by atoms with Crippen molar-refractivity contribution >= 4 is 5.96 Å². The Morgan fingerprint density at radius 3 is 2.22 bits per heavy atom. The van der Waals surface area contributed by atoms with Crippen molar-refractivity contribution in [3.63, 3.8) is 0 Å². The van der Waals surface area contributed by atoms with Crippen LogP contribution in [0.15, 0.2) is 4.99 Å². The highest BCUT2D eigenvalue weighted by Gasteiger charge is 2.34. The number of guanidine groups is 1. The van der Waals surface area contributed by atoms with Crippen molar-refractivity contribution in [2.24, 2.45) is 16.1 Å². The molecule has 7 nitrogen and oxygen atoms in total. The van der Waals surface area contributed by atoms with Gasteiger partial charge in [-0.25, -0.2) is 0 Å². The number of rotatable bonds is 8. The van der Waals surface area contributed by atoms with E-state index in [4.69, 9.17) is 20.2 Å². The lowest BCUT2D eigenvalue weighted by Crippen LogP contribution is -2.46. The molecule has 2 aliphatic heterocycles. The molecule has 0 unspecified atom stereocenters. The molecule has 2 heterocycles. The first-order valence-electron chi connectivity index (χ1n) is 10.9. The molecule has 0 aromatic rings. The highest BCUT2D eigenvalue weighted by atomic mass is 16.5. The molecule has 0 aromatic heterocycles. The van der Waals surface area contributed by atoms with E-state index in [9.17, 15) is 0 Å². The minimum absolute atomic E-state index is 0.301. The molecule has 0 radical (unpaired) electrons. The van der Waals surface area contributed by atoms with Crippen molar-refractivity contribution in [1.29, 1.82) is 0 Å². The van der Waals surface area contributed by atoms with Crippen LogP contribution in [0.5, 0.6) is 0 Å². The van der Waals surface area contributed by atoms with Crippen LogP contribution >= 0.6 is 0 Å². The van der Waals surface area contributed by atoms with E-state index in [1.54, 1.807) is 0 Å². The summed E-state index contributed by atoms with van der Waals surface area (Å²) in [6.45, 7) is 11.7. The van der Waals surface area contributed by atoms with Gasteiger partial charge in [-0.1, -0.05) is 19.3 Å². The summed E-state index contributed by atoms with van der Waals surface area (Å²) in [7, 11) is 0. The quantitative estimate of drug-likeness (QED) is 0.370. The molecule has 156 valence electrons. The van der Waals surface area contributed by atoms with Crippen LogP contribution in [0, 0.1) is 5.41 Å². The maximum atomic E-state index is 6.17. The van der Waals surface area contributed by atoms with E-state index in [-0.39, 0.29) is 0 Å². The summed E-state index contributed by atoms with van der Waals surface area (Å²) in [5, 5.41) is 3.32. The number of aliphatic imine (C=N–C) groups is 1. The van der Waals surface area contributed by atoms with Gasteiger partial charge in [0.05, 0.1) is 26.4 Å². The van der Waals surface area contributed by atoms with Gasteiger partial charge in [-0.15, -0.1) is 0 Å². The van der Waals surface area contributed by atoms with Gasteiger partial charge in [0.2, 0.25) is 0 Å². The predicted molar refractivity (Wildman–Crippen MR) is 109 cm³/mol. The summed E-state index contributed by atoms with van der Waals surface area (Å²) in [4.78, 5) is 9.78. The molecule has 3 rings (SSSR count). The van der Waals surface area contributed by atoms with E-state index in [0.717, 1.165) is 85.2 Å². The van der Waals surface area contributed by atoms with Gasteiger partial charge in [0.15, 0.2) is 5.96 Å². The number of hydrogen-bond acceptors (Lipinski definition) is 5. The van der Waals surface area contributed by atoms with Crippen LogP contribution in [-0.2, 0) is 9.47 Å². The molecular formula is C20H39N5O2. The molecule has 3 fully saturated rings. The summed E-state index contributed by atoms with van der Waals surface area (Å²) in [6, 6.07) is 0. The lowest BCUT2D eigenvalue weighted by atomic mass is 9.73. The standard InChI is InChI=1S/C20H39N5O2/c21-19(22-7-4-8-24-9-13-26-14-10-24)23-17-20(5-2-1-3-6-20)18-25-11-15-27-16-12-25/h1-18H2,(H3,21,22,23). The summed E-state index contributed by atoms with van der Waals surface area (Å²) >= 11 is 0. The molecule has 1 saturated carbocycles. The van der Waals surface area contributed by atoms with Gasteiger partial charge in [0.1, 0.15) is 0 Å². The highest BCUT2D eigenvalue weighted by molar-refractivity contribution is 5.77. The summed E-state index contributed by atoms with van der Waals surface area (Å²) in [5.41, 5.74) is 6.48. The number of hydrogen-bond donors (Lipinski definition) is 2. The van der Waals surface area contributed by atoms with E-state index < -0.39 is 0 Å².